The first kappa shape index (κ1) is 12.6. The first-order valence-corrected chi connectivity index (χ1v) is 6.57. The van der Waals surface area contributed by atoms with Gasteiger partial charge in [0, 0.05) is 17.5 Å². The van der Waals surface area contributed by atoms with Crippen molar-refractivity contribution in [3.8, 4) is 0 Å². The van der Waals surface area contributed by atoms with Crippen molar-refractivity contribution in [2.45, 2.75) is 19.5 Å². The van der Waals surface area contributed by atoms with Crippen LogP contribution < -0.4 is 5.32 Å². The van der Waals surface area contributed by atoms with E-state index < -0.39 is 0 Å². The van der Waals surface area contributed by atoms with Crippen LogP contribution in [-0.4, -0.2) is 0 Å². The van der Waals surface area contributed by atoms with E-state index in [1.165, 1.54) is 10.9 Å². The van der Waals surface area contributed by atoms with Crippen LogP contribution in [-0.2, 0) is 6.54 Å². The molecule has 0 bridgehead atoms. The van der Waals surface area contributed by atoms with E-state index in [1.54, 1.807) is 23.5 Å². The van der Waals surface area contributed by atoms with E-state index in [0.29, 0.717) is 0 Å². The summed E-state index contributed by atoms with van der Waals surface area (Å²) in [6.45, 7) is 2.76. The minimum atomic E-state index is -0.199. The molecule has 0 aliphatic rings. The Labute approximate surface area is 109 Å². The van der Waals surface area contributed by atoms with Crippen LogP contribution in [0.4, 0.5) is 4.39 Å². The van der Waals surface area contributed by atoms with Gasteiger partial charge in [0.2, 0.25) is 0 Å². The molecule has 0 spiro atoms. The molecule has 0 aliphatic heterocycles. The second-order valence-corrected chi connectivity index (χ2v) is 5.66. The van der Waals surface area contributed by atoms with Crippen molar-refractivity contribution in [3.63, 3.8) is 0 Å². The smallest absolute Gasteiger partial charge is 0.123 e. The lowest BCUT2D eigenvalue weighted by Gasteiger charge is -2.13. The summed E-state index contributed by atoms with van der Waals surface area (Å²) in [5, 5.41) is 3.34. The quantitative estimate of drug-likeness (QED) is 0.868. The zero-order valence-electron chi connectivity index (χ0n) is 9.41. The Morgan fingerprint density at radius 1 is 1.35 bits per heavy atom. The van der Waals surface area contributed by atoms with Crippen LogP contribution in [0, 0.1) is 5.82 Å². The van der Waals surface area contributed by atoms with Crippen molar-refractivity contribution in [1.29, 1.82) is 0 Å². The maximum atomic E-state index is 13.1. The highest BCUT2D eigenvalue weighted by molar-refractivity contribution is 7.16. The lowest BCUT2D eigenvalue weighted by Crippen LogP contribution is -2.17. The highest BCUT2D eigenvalue weighted by atomic mass is 35.5. The molecule has 0 amide bonds. The lowest BCUT2D eigenvalue weighted by molar-refractivity contribution is 0.568. The van der Waals surface area contributed by atoms with Crippen LogP contribution >= 0.6 is 22.9 Å². The Balaban J connectivity index is 1.95. The number of hydrogen-bond acceptors (Lipinski definition) is 2. The third kappa shape index (κ3) is 3.53. The van der Waals surface area contributed by atoms with E-state index in [0.717, 1.165) is 16.4 Å². The average Bonchev–Trinajstić information content (AvgIpc) is 2.72. The minimum Gasteiger partial charge on any atom is -0.305 e. The summed E-state index contributed by atoms with van der Waals surface area (Å²) >= 11 is 7.41. The summed E-state index contributed by atoms with van der Waals surface area (Å²) in [4.78, 5) is 1.18. The number of halogens is 2. The molecule has 0 unspecified atom stereocenters. The van der Waals surface area contributed by atoms with E-state index in [4.69, 9.17) is 11.6 Å². The highest BCUT2D eigenvalue weighted by Crippen LogP contribution is 2.22. The number of nitrogens with one attached hydrogen (secondary N) is 1. The monoisotopic (exact) mass is 269 g/mol. The van der Waals surface area contributed by atoms with Crippen molar-refractivity contribution >= 4 is 22.9 Å². The molecule has 0 radical (unpaired) electrons. The van der Waals surface area contributed by atoms with E-state index in [-0.39, 0.29) is 11.9 Å². The van der Waals surface area contributed by atoms with Gasteiger partial charge in [0.1, 0.15) is 5.82 Å². The van der Waals surface area contributed by atoms with E-state index in [9.17, 15) is 4.39 Å². The minimum absolute atomic E-state index is 0.117. The third-order valence-electron chi connectivity index (χ3n) is 2.56. The Hall–Kier alpha value is -0.900. The topological polar surface area (TPSA) is 12.0 Å². The number of hydrogen-bond donors (Lipinski definition) is 1. The predicted molar refractivity (Wildman–Crippen MR) is 71.0 cm³/mol. The predicted octanol–water partition coefficient (Wildman–Crippen LogP) is 4.39. The molecule has 0 saturated heterocycles. The van der Waals surface area contributed by atoms with Gasteiger partial charge in [-0.3, -0.25) is 0 Å². The summed E-state index contributed by atoms with van der Waals surface area (Å²) in [5.41, 5.74) is 0.952. The normalized spacial score (nSPS) is 12.6. The van der Waals surface area contributed by atoms with Gasteiger partial charge in [0.25, 0.3) is 0 Å². The molecule has 2 rings (SSSR count). The molecule has 1 nitrogen and oxygen atoms in total. The fraction of sp³-hybridized carbons (Fsp3) is 0.231. The Kier molecular flexibility index (Phi) is 4.15. The lowest BCUT2D eigenvalue weighted by atomic mass is 10.1. The molecule has 2 aromatic rings. The average molecular weight is 270 g/mol. The van der Waals surface area contributed by atoms with Gasteiger partial charge >= 0.3 is 0 Å². The van der Waals surface area contributed by atoms with Gasteiger partial charge in [-0.05, 0) is 36.8 Å². The van der Waals surface area contributed by atoms with Gasteiger partial charge in [0.05, 0.1) is 4.34 Å². The zero-order valence-corrected chi connectivity index (χ0v) is 11.0. The van der Waals surface area contributed by atoms with Crippen LogP contribution in [0.15, 0.2) is 36.4 Å². The fourth-order valence-electron chi connectivity index (χ4n) is 1.59. The first-order valence-electron chi connectivity index (χ1n) is 5.38. The van der Waals surface area contributed by atoms with Crippen LogP contribution in [0.1, 0.15) is 23.4 Å². The molecule has 1 heterocycles. The second-order valence-electron chi connectivity index (χ2n) is 3.86. The molecule has 1 aromatic carbocycles. The Morgan fingerprint density at radius 3 is 2.82 bits per heavy atom. The fourth-order valence-corrected chi connectivity index (χ4v) is 2.63. The molecule has 90 valence electrons. The standard InChI is InChI=1S/C13H13ClFNS/c1-9(10-3-2-4-11(15)7-10)16-8-12-5-6-13(14)17-12/h2-7,9,16H,8H2,1H3/t9-/m0/s1. The molecule has 4 heteroatoms. The number of rotatable bonds is 4. The van der Waals surface area contributed by atoms with Crippen molar-refractivity contribution < 1.29 is 4.39 Å². The van der Waals surface area contributed by atoms with Crippen LogP contribution in [0.25, 0.3) is 0 Å². The van der Waals surface area contributed by atoms with Crippen molar-refractivity contribution in [2.75, 3.05) is 0 Å². The molecule has 1 atom stereocenters. The summed E-state index contributed by atoms with van der Waals surface area (Å²) in [5.74, 6) is -0.199. The molecular weight excluding hydrogens is 257 g/mol. The van der Waals surface area contributed by atoms with Gasteiger partial charge in [-0.1, -0.05) is 23.7 Å². The summed E-state index contributed by atoms with van der Waals surface area (Å²) < 4.78 is 13.8. The maximum absolute atomic E-state index is 13.1. The van der Waals surface area contributed by atoms with Crippen molar-refractivity contribution in [2.24, 2.45) is 0 Å². The highest BCUT2D eigenvalue weighted by Gasteiger charge is 2.06. The van der Waals surface area contributed by atoms with E-state index >= 15 is 0 Å². The molecular formula is C13H13ClFNS. The van der Waals surface area contributed by atoms with E-state index in [2.05, 4.69) is 5.32 Å². The SMILES string of the molecule is C[C@H](NCc1ccc(Cl)s1)c1cccc(F)c1. The summed E-state index contributed by atoms with van der Waals surface area (Å²) in [6.07, 6.45) is 0. The van der Waals surface area contributed by atoms with Gasteiger partial charge in [-0.15, -0.1) is 11.3 Å². The Morgan fingerprint density at radius 2 is 2.18 bits per heavy atom. The molecule has 17 heavy (non-hydrogen) atoms. The van der Waals surface area contributed by atoms with Gasteiger partial charge in [-0.25, -0.2) is 4.39 Å². The number of benzene rings is 1. The largest absolute Gasteiger partial charge is 0.305 e. The van der Waals surface area contributed by atoms with Crippen molar-refractivity contribution in [3.05, 3.63) is 57.0 Å². The zero-order chi connectivity index (χ0) is 12.3. The molecule has 0 saturated carbocycles. The second kappa shape index (κ2) is 5.63. The third-order valence-corrected chi connectivity index (χ3v) is 3.79. The first-order chi connectivity index (χ1) is 8.15. The van der Waals surface area contributed by atoms with Crippen LogP contribution in [0.5, 0.6) is 0 Å². The Bertz CT molecular complexity index is 498. The molecule has 0 aliphatic carbocycles. The number of thiophene rings is 1. The summed E-state index contributed by atoms with van der Waals surface area (Å²) in [7, 11) is 0. The maximum Gasteiger partial charge on any atom is 0.123 e. The van der Waals surface area contributed by atoms with Crippen LogP contribution in [0.2, 0.25) is 4.34 Å². The van der Waals surface area contributed by atoms with E-state index in [1.807, 2.05) is 25.1 Å². The molecule has 1 aromatic heterocycles. The van der Waals surface area contributed by atoms with Gasteiger partial charge in [0.15, 0.2) is 0 Å². The van der Waals surface area contributed by atoms with Crippen molar-refractivity contribution in [1.82, 2.24) is 5.32 Å². The van der Waals surface area contributed by atoms with Crippen LogP contribution in [0.3, 0.4) is 0 Å². The molecule has 1 N–H and O–H groups in total. The summed E-state index contributed by atoms with van der Waals surface area (Å²) in [6, 6.07) is 10.7. The molecule has 0 fully saturated rings. The van der Waals surface area contributed by atoms with Gasteiger partial charge in [-0.2, -0.15) is 0 Å². The van der Waals surface area contributed by atoms with Gasteiger partial charge < -0.3 is 5.32 Å².